The van der Waals surface area contributed by atoms with Crippen LogP contribution in [0, 0.1) is 0 Å². The van der Waals surface area contributed by atoms with Gasteiger partial charge >= 0.3 is 0 Å². The lowest BCUT2D eigenvalue weighted by atomic mass is 10.1. The van der Waals surface area contributed by atoms with Crippen LogP contribution in [0.4, 0.5) is 0 Å². The molecule has 3 aliphatic heterocycles. The summed E-state index contributed by atoms with van der Waals surface area (Å²) in [5, 5.41) is 0. The Labute approximate surface area is 139 Å². The fourth-order valence-electron chi connectivity index (χ4n) is 3.98. The topological polar surface area (TPSA) is 36.8 Å². The van der Waals surface area contributed by atoms with E-state index in [4.69, 9.17) is 9.72 Å². The van der Waals surface area contributed by atoms with Crippen molar-refractivity contribution in [2.24, 2.45) is 0 Å². The van der Waals surface area contributed by atoms with Gasteiger partial charge in [0.1, 0.15) is 12.4 Å². The van der Waals surface area contributed by atoms with E-state index in [1.807, 2.05) is 0 Å². The highest BCUT2D eigenvalue weighted by molar-refractivity contribution is 5.06. The molecule has 0 spiro atoms. The largest absolute Gasteiger partial charge is 0.372 e. The molecule has 1 aromatic heterocycles. The Morgan fingerprint density at radius 2 is 1.96 bits per heavy atom. The number of imidazole rings is 1. The lowest BCUT2D eigenvalue weighted by Crippen LogP contribution is -2.63. The SMILES string of the molecule is CC(C)N1CCN(C2CN(Cc3cn4c(n3)COCC4)C2)CC1. The predicted octanol–water partition coefficient (Wildman–Crippen LogP) is 0.624. The molecule has 0 unspecified atom stereocenters. The van der Waals surface area contributed by atoms with E-state index < -0.39 is 0 Å². The average Bonchev–Trinajstić information content (AvgIpc) is 2.93. The highest BCUT2D eigenvalue weighted by Gasteiger charge is 2.34. The van der Waals surface area contributed by atoms with Gasteiger partial charge in [0, 0.05) is 70.6 Å². The third kappa shape index (κ3) is 3.31. The second-order valence-electron chi connectivity index (χ2n) is 7.41. The first kappa shape index (κ1) is 15.6. The average molecular weight is 319 g/mol. The Balaban J connectivity index is 1.23. The summed E-state index contributed by atoms with van der Waals surface area (Å²) in [4.78, 5) is 12.5. The first-order valence-electron chi connectivity index (χ1n) is 9.02. The molecule has 4 rings (SSSR count). The second kappa shape index (κ2) is 6.51. The molecule has 0 aromatic carbocycles. The molecule has 2 saturated heterocycles. The van der Waals surface area contributed by atoms with Gasteiger partial charge in [0.2, 0.25) is 0 Å². The summed E-state index contributed by atoms with van der Waals surface area (Å²) < 4.78 is 7.72. The molecule has 2 fully saturated rings. The van der Waals surface area contributed by atoms with E-state index >= 15 is 0 Å². The van der Waals surface area contributed by atoms with Crippen molar-refractivity contribution >= 4 is 0 Å². The molecule has 0 amide bonds. The van der Waals surface area contributed by atoms with Crippen LogP contribution in [-0.4, -0.2) is 82.2 Å². The highest BCUT2D eigenvalue weighted by Crippen LogP contribution is 2.20. The number of hydrogen-bond donors (Lipinski definition) is 0. The molecule has 0 bridgehead atoms. The minimum atomic E-state index is 0.669. The van der Waals surface area contributed by atoms with Crippen molar-refractivity contribution in [1.29, 1.82) is 0 Å². The van der Waals surface area contributed by atoms with Crippen molar-refractivity contribution in [3.05, 3.63) is 17.7 Å². The Kier molecular flexibility index (Phi) is 4.41. The smallest absolute Gasteiger partial charge is 0.135 e. The maximum atomic E-state index is 5.47. The minimum absolute atomic E-state index is 0.669. The van der Waals surface area contributed by atoms with Crippen LogP contribution in [0.1, 0.15) is 25.4 Å². The molecule has 128 valence electrons. The lowest BCUT2D eigenvalue weighted by Gasteiger charge is -2.48. The normalized spacial score (nSPS) is 24.8. The van der Waals surface area contributed by atoms with Crippen LogP contribution in [-0.2, 0) is 24.4 Å². The van der Waals surface area contributed by atoms with Crippen molar-refractivity contribution in [1.82, 2.24) is 24.3 Å². The Morgan fingerprint density at radius 3 is 2.65 bits per heavy atom. The molecule has 0 aliphatic carbocycles. The quantitative estimate of drug-likeness (QED) is 0.813. The van der Waals surface area contributed by atoms with E-state index in [2.05, 4.69) is 39.3 Å². The van der Waals surface area contributed by atoms with Gasteiger partial charge in [-0.15, -0.1) is 0 Å². The zero-order chi connectivity index (χ0) is 15.8. The number of rotatable bonds is 4. The predicted molar refractivity (Wildman–Crippen MR) is 89.2 cm³/mol. The standard InChI is InChI=1S/C17H29N5O/c1-14(2)20-3-5-21(6-4-20)16-11-19(12-16)9-15-10-22-7-8-23-13-17(22)18-15/h10,14,16H,3-9,11-13H2,1-2H3. The molecule has 6 heteroatoms. The van der Waals surface area contributed by atoms with E-state index in [0.717, 1.165) is 31.6 Å². The zero-order valence-corrected chi connectivity index (χ0v) is 14.4. The fraction of sp³-hybridized carbons (Fsp3) is 0.824. The van der Waals surface area contributed by atoms with Crippen molar-refractivity contribution in [3.63, 3.8) is 0 Å². The van der Waals surface area contributed by atoms with Crippen molar-refractivity contribution in [2.75, 3.05) is 45.9 Å². The second-order valence-corrected chi connectivity index (χ2v) is 7.41. The van der Waals surface area contributed by atoms with E-state index in [-0.39, 0.29) is 0 Å². The summed E-state index contributed by atoms with van der Waals surface area (Å²) in [5.74, 6) is 1.09. The van der Waals surface area contributed by atoms with Gasteiger partial charge in [-0.05, 0) is 13.8 Å². The molecule has 0 N–H and O–H groups in total. The Hall–Kier alpha value is -0.950. The van der Waals surface area contributed by atoms with Gasteiger partial charge in [-0.2, -0.15) is 0 Å². The summed E-state index contributed by atoms with van der Waals surface area (Å²) >= 11 is 0. The van der Waals surface area contributed by atoms with Gasteiger partial charge in [0.25, 0.3) is 0 Å². The minimum Gasteiger partial charge on any atom is -0.372 e. The summed E-state index contributed by atoms with van der Waals surface area (Å²) in [6.45, 7) is 15.3. The molecule has 0 atom stereocenters. The molecule has 0 radical (unpaired) electrons. The van der Waals surface area contributed by atoms with Gasteiger partial charge in [-0.25, -0.2) is 4.98 Å². The number of aromatic nitrogens is 2. The molecule has 4 heterocycles. The Morgan fingerprint density at radius 1 is 1.17 bits per heavy atom. The summed E-state index contributed by atoms with van der Waals surface area (Å²) in [5.41, 5.74) is 1.20. The van der Waals surface area contributed by atoms with Crippen molar-refractivity contribution < 1.29 is 4.74 Å². The number of nitrogens with zero attached hydrogens (tertiary/aromatic N) is 5. The van der Waals surface area contributed by atoms with Crippen molar-refractivity contribution in [3.8, 4) is 0 Å². The van der Waals surface area contributed by atoms with Crippen LogP contribution in [0.3, 0.4) is 0 Å². The maximum Gasteiger partial charge on any atom is 0.135 e. The fourth-order valence-corrected chi connectivity index (χ4v) is 3.98. The molecule has 6 nitrogen and oxygen atoms in total. The van der Waals surface area contributed by atoms with Crippen LogP contribution >= 0.6 is 0 Å². The van der Waals surface area contributed by atoms with Gasteiger partial charge in [-0.3, -0.25) is 14.7 Å². The van der Waals surface area contributed by atoms with Crippen LogP contribution < -0.4 is 0 Å². The summed E-state index contributed by atoms with van der Waals surface area (Å²) in [6, 6.07) is 1.44. The molecular weight excluding hydrogens is 290 g/mol. The van der Waals surface area contributed by atoms with E-state index in [1.54, 1.807) is 0 Å². The third-order valence-electron chi connectivity index (χ3n) is 5.54. The molecular formula is C17H29N5O. The van der Waals surface area contributed by atoms with Gasteiger partial charge < -0.3 is 9.30 Å². The highest BCUT2D eigenvalue weighted by atomic mass is 16.5. The molecule has 3 aliphatic rings. The van der Waals surface area contributed by atoms with Crippen LogP contribution in [0.15, 0.2) is 6.20 Å². The number of likely N-dealkylation sites (tertiary alicyclic amines) is 1. The van der Waals surface area contributed by atoms with Crippen LogP contribution in [0.25, 0.3) is 0 Å². The number of hydrogen-bond acceptors (Lipinski definition) is 5. The first-order chi connectivity index (χ1) is 11.2. The monoisotopic (exact) mass is 319 g/mol. The van der Waals surface area contributed by atoms with Crippen LogP contribution in [0.5, 0.6) is 0 Å². The van der Waals surface area contributed by atoms with Crippen molar-refractivity contribution in [2.45, 2.75) is 45.6 Å². The maximum absolute atomic E-state index is 5.47. The summed E-state index contributed by atoms with van der Waals surface area (Å²) in [7, 11) is 0. The number of piperazine rings is 1. The van der Waals surface area contributed by atoms with Gasteiger partial charge in [0.15, 0.2) is 0 Å². The van der Waals surface area contributed by atoms with Crippen LogP contribution in [0.2, 0.25) is 0 Å². The Bertz CT molecular complexity index is 506. The molecule has 1 aromatic rings. The lowest BCUT2D eigenvalue weighted by molar-refractivity contribution is -0.00459. The van der Waals surface area contributed by atoms with Gasteiger partial charge in [-0.1, -0.05) is 0 Å². The van der Waals surface area contributed by atoms with Gasteiger partial charge in [0.05, 0.1) is 12.3 Å². The van der Waals surface area contributed by atoms with E-state index in [9.17, 15) is 0 Å². The summed E-state index contributed by atoms with van der Waals surface area (Å²) in [6.07, 6.45) is 2.21. The number of fused-ring (bicyclic) bond motifs is 1. The first-order valence-corrected chi connectivity index (χ1v) is 9.02. The molecule has 0 saturated carbocycles. The van der Waals surface area contributed by atoms with E-state index in [0.29, 0.717) is 12.6 Å². The number of ether oxygens (including phenoxy) is 1. The molecule has 23 heavy (non-hydrogen) atoms. The van der Waals surface area contributed by atoms with E-state index in [1.165, 1.54) is 45.0 Å². The third-order valence-corrected chi connectivity index (χ3v) is 5.54. The zero-order valence-electron chi connectivity index (χ0n) is 14.4.